The first-order valence-electron chi connectivity index (χ1n) is 5.63. The van der Waals surface area contributed by atoms with Crippen molar-refractivity contribution in [2.24, 2.45) is 0 Å². The molecule has 3 nitrogen and oxygen atoms in total. The van der Waals surface area contributed by atoms with Crippen molar-refractivity contribution in [1.82, 2.24) is 4.90 Å². The van der Waals surface area contributed by atoms with Gasteiger partial charge in [-0.25, -0.2) is 0 Å². The summed E-state index contributed by atoms with van der Waals surface area (Å²) >= 11 is 5.91. The summed E-state index contributed by atoms with van der Waals surface area (Å²) in [7, 11) is 0. The Kier molecular flexibility index (Phi) is 3.20. The Bertz CT molecular complexity index is 435. The van der Waals surface area contributed by atoms with Gasteiger partial charge in [0.15, 0.2) is 0 Å². The second-order valence-electron chi connectivity index (χ2n) is 4.39. The van der Waals surface area contributed by atoms with Gasteiger partial charge in [-0.15, -0.1) is 11.6 Å². The van der Waals surface area contributed by atoms with Crippen molar-refractivity contribution in [2.45, 2.75) is 31.7 Å². The molecule has 2 amide bonds. The molecular formula is C13H14ClNO2. The van der Waals surface area contributed by atoms with E-state index in [1.165, 1.54) is 4.90 Å². The summed E-state index contributed by atoms with van der Waals surface area (Å²) < 4.78 is 0. The van der Waals surface area contributed by atoms with Crippen molar-refractivity contribution in [2.75, 3.05) is 0 Å². The maximum atomic E-state index is 12.1. The SMILES string of the molecule is C[C@H](Cl)C[C@H](C)N1C(=O)c2ccccc2C1=O. The van der Waals surface area contributed by atoms with E-state index >= 15 is 0 Å². The molecule has 1 aromatic rings. The van der Waals surface area contributed by atoms with Crippen molar-refractivity contribution >= 4 is 23.4 Å². The first kappa shape index (κ1) is 12.1. The zero-order valence-electron chi connectivity index (χ0n) is 9.81. The third-order valence-corrected chi connectivity index (χ3v) is 3.11. The molecule has 0 fully saturated rings. The van der Waals surface area contributed by atoms with Crippen LogP contribution in [0.15, 0.2) is 24.3 Å². The highest BCUT2D eigenvalue weighted by atomic mass is 35.5. The van der Waals surface area contributed by atoms with Crippen LogP contribution in [0.5, 0.6) is 0 Å². The molecule has 4 heteroatoms. The van der Waals surface area contributed by atoms with Crippen LogP contribution < -0.4 is 0 Å². The van der Waals surface area contributed by atoms with E-state index in [1.807, 2.05) is 13.8 Å². The zero-order chi connectivity index (χ0) is 12.6. The molecule has 90 valence electrons. The fraction of sp³-hybridized carbons (Fsp3) is 0.385. The van der Waals surface area contributed by atoms with E-state index in [9.17, 15) is 9.59 Å². The Morgan fingerprint density at radius 3 is 2.00 bits per heavy atom. The molecule has 0 spiro atoms. The van der Waals surface area contributed by atoms with Gasteiger partial charge in [0, 0.05) is 11.4 Å². The Balaban J connectivity index is 2.30. The molecule has 0 unspecified atom stereocenters. The summed E-state index contributed by atoms with van der Waals surface area (Å²) in [5.74, 6) is -0.425. The van der Waals surface area contributed by atoms with E-state index in [2.05, 4.69) is 0 Å². The molecule has 1 aliphatic heterocycles. The largest absolute Gasteiger partial charge is 0.271 e. The minimum Gasteiger partial charge on any atom is -0.271 e. The van der Waals surface area contributed by atoms with Crippen LogP contribution in [0.4, 0.5) is 0 Å². The first-order chi connectivity index (χ1) is 8.02. The number of alkyl halides is 1. The second-order valence-corrected chi connectivity index (χ2v) is 5.14. The zero-order valence-corrected chi connectivity index (χ0v) is 10.6. The van der Waals surface area contributed by atoms with Crippen LogP contribution in [-0.4, -0.2) is 28.1 Å². The van der Waals surface area contributed by atoms with Gasteiger partial charge in [-0.3, -0.25) is 14.5 Å². The Hall–Kier alpha value is -1.35. The van der Waals surface area contributed by atoms with Crippen molar-refractivity contribution in [3.8, 4) is 0 Å². The monoisotopic (exact) mass is 251 g/mol. The topological polar surface area (TPSA) is 37.4 Å². The fourth-order valence-electron chi connectivity index (χ4n) is 2.18. The number of hydrogen-bond donors (Lipinski definition) is 0. The van der Waals surface area contributed by atoms with Crippen LogP contribution in [0.25, 0.3) is 0 Å². The van der Waals surface area contributed by atoms with E-state index in [0.717, 1.165) is 0 Å². The van der Waals surface area contributed by atoms with Gasteiger partial charge in [-0.05, 0) is 32.4 Å². The summed E-state index contributed by atoms with van der Waals surface area (Å²) in [5, 5.41) is -0.0608. The summed E-state index contributed by atoms with van der Waals surface area (Å²) in [5.41, 5.74) is 0.984. The molecule has 2 rings (SSSR count). The van der Waals surface area contributed by atoms with Gasteiger partial charge in [-0.2, -0.15) is 0 Å². The van der Waals surface area contributed by atoms with Gasteiger partial charge in [0.1, 0.15) is 0 Å². The minimum atomic E-state index is -0.213. The first-order valence-corrected chi connectivity index (χ1v) is 6.07. The predicted molar refractivity (Wildman–Crippen MR) is 66.3 cm³/mol. The molecule has 17 heavy (non-hydrogen) atoms. The van der Waals surface area contributed by atoms with Crippen LogP contribution in [0.3, 0.4) is 0 Å². The molecule has 0 saturated carbocycles. The number of fused-ring (bicyclic) bond motifs is 1. The number of carbonyl (C=O) groups is 2. The van der Waals surface area contributed by atoms with Crippen LogP contribution in [-0.2, 0) is 0 Å². The minimum absolute atomic E-state index is 0.0608. The quantitative estimate of drug-likeness (QED) is 0.612. The lowest BCUT2D eigenvalue weighted by molar-refractivity contribution is 0.0590. The van der Waals surface area contributed by atoms with Crippen molar-refractivity contribution in [3.05, 3.63) is 35.4 Å². The molecule has 2 atom stereocenters. The highest BCUT2D eigenvalue weighted by Gasteiger charge is 2.38. The third kappa shape index (κ3) is 2.07. The molecule has 0 saturated heterocycles. The van der Waals surface area contributed by atoms with Crippen LogP contribution in [0, 0.1) is 0 Å². The Morgan fingerprint density at radius 2 is 1.59 bits per heavy atom. The maximum absolute atomic E-state index is 12.1. The van der Waals surface area contributed by atoms with Crippen molar-refractivity contribution in [1.29, 1.82) is 0 Å². The summed E-state index contributed by atoms with van der Waals surface area (Å²) in [6.45, 7) is 3.71. The number of imide groups is 1. The molecule has 0 aliphatic carbocycles. The number of amides is 2. The van der Waals surface area contributed by atoms with Gasteiger partial charge in [0.25, 0.3) is 11.8 Å². The lowest BCUT2D eigenvalue weighted by Gasteiger charge is -2.23. The summed E-state index contributed by atoms with van der Waals surface area (Å²) in [6.07, 6.45) is 0.604. The number of carbonyl (C=O) groups excluding carboxylic acids is 2. The summed E-state index contributed by atoms with van der Waals surface area (Å²) in [6, 6.07) is 6.73. The molecule has 1 heterocycles. The average molecular weight is 252 g/mol. The molecule has 0 aromatic heterocycles. The highest BCUT2D eigenvalue weighted by Crippen LogP contribution is 2.26. The van der Waals surface area contributed by atoms with E-state index in [0.29, 0.717) is 17.5 Å². The van der Waals surface area contributed by atoms with Crippen LogP contribution in [0.2, 0.25) is 0 Å². The molecule has 1 aromatic carbocycles. The van der Waals surface area contributed by atoms with Crippen molar-refractivity contribution in [3.63, 3.8) is 0 Å². The number of hydrogen-bond acceptors (Lipinski definition) is 2. The van der Waals surface area contributed by atoms with Crippen LogP contribution in [0.1, 0.15) is 41.0 Å². The van der Waals surface area contributed by atoms with Gasteiger partial charge in [0.05, 0.1) is 11.1 Å². The Morgan fingerprint density at radius 1 is 1.12 bits per heavy atom. The number of halogens is 1. The van der Waals surface area contributed by atoms with Gasteiger partial charge in [0.2, 0.25) is 0 Å². The normalized spacial score (nSPS) is 18.2. The average Bonchev–Trinajstić information content (AvgIpc) is 2.51. The van der Waals surface area contributed by atoms with E-state index in [4.69, 9.17) is 11.6 Å². The summed E-state index contributed by atoms with van der Waals surface area (Å²) in [4.78, 5) is 25.5. The lowest BCUT2D eigenvalue weighted by Crippen LogP contribution is -2.39. The van der Waals surface area contributed by atoms with E-state index in [-0.39, 0.29) is 23.2 Å². The number of nitrogens with zero attached hydrogens (tertiary/aromatic N) is 1. The highest BCUT2D eigenvalue weighted by molar-refractivity contribution is 6.22. The molecule has 0 radical (unpaired) electrons. The van der Waals surface area contributed by atoms with Crippen molar-refractivity contribution < 1.29 is 9.59 Å². The standard InChI is InChI=1S/C13H14ClNO2/c1-8(14)7-9(2)15-12(16)10-5-3-4-6-11(10)13(15)17/h3-6,8-9H,7H2,1-2H3/t8-,9-/m0/s1. The van der Waals surface area contributed by atoms with Crippen LogP contribution >= 0.6 is 11.6 Å². The van der Waals surface area contributed by atoms with Gasteiger partial charge >= 0.3 is 0 Å². The Labute approximate surface area is 105 Å². The molecule has 1 aliphatic rings. The molecule has 0 bridgehead atoms. The van der Waals surface area contributed by atoms with Gasteiger partial charge < -0.3 is 0 Å². The molecule has 0 N–H and O–H groups in total. The molecular weight excluding hydrogens is 238 g/mol. The maximum Gasteiger partial charge on any atom is 0.261 e. The fourth-order valence-corrected chi connectivity index (χ4v) is 2.44. The second kappa shape index (κ2) is 4.49. The smallest absolute Gasteiger partial charge is 0.261 e. The predicted octanol–water partition coefficient (Wildman–Crippen LogP) is 2.69. The number of rotatable bonds is 3. The number of benzene rings is 1. The lowest BCUT2D eigenvalue weighted by atomic mass is 10.1. The van der Waals surface area contributed by atoms with E-state index < -0.39 is 0 Å². The van der Waals surface area contributed by atoms with Gasteiger partial charge in [-0.1, -0.05) is 12.1 Å². The van der Waals surface area contributed by atoms with E-state index in [1.54, 1.807) is 24.3 Å². The third-order valence-electron chi connectivity index (χ3n) is 2.93.